The molecule has 1 aliphatic heterocycles. The molecular formula is C24H25N5O4. The number of hydrogen-bond acceptors (Lipinski definition) is 8. The van der Waals surface area contributed by atoms with Crippen LogP contribution in [-0.4, -0.2) is 46.5 Å². The minimum atomic E-state index is -0.596. The van der Waals surface area contributed by atoms with Crippen LogP contribution in [-0.2, 0) is 16.0 Å². The zero-order valence-corrected chi connectivity index (χ0v) is 18.5. The van der Waals surface area contributed by atoms with Gasteiger partial charge in [-0.2, -0.15) is 4.68 Å². The Balaban J connectivity index is 1.62. The molecule has 170 valence electrons. The molecule has 0 amide bonds. The minimum Gasteiger partial charge on any atom is -0.493 e. The van der Waals surface area contributed by atoms with Gasteiger partial charge in [0.25, 0.3) is 0 Å². The van der Waals surface area contributed by atoms with Crippen molar-refractivity contribution in [3.05, 3.63) is 83.6 Å². The van der Waals surface area contributed by atoms with E-state index in [0.717, 1.165) is 12.0 Å². The van der Waals surface area contributed by atoms with E-state index in [0.29, 0.717) is 35.3 Å². The van der Waals surface area contributed by atoms with Crippen molar-refractivity contribution in [2.45, 2.75) is 19.4 Å². The molecule has 1 aromatic heterocycles. The maximum atomic E-state index is 12.9. The largest absolute Gasteiger partial charge is 0.493 e. The number of allylic oxidation sites excluding steroid dienone is 1. The van der Waals surface area contributed by atoms with Crippen LogP contribution in [0.3, 0.4) is 0 Å². The molecule has 4 rings (SSSR count). The third-order valence-electron chi connectivity index (χ3n) is 5.26. The van der Waals surface area contributed by atoms with Crippen LogP contribution < -0.4 is 14.8 Å². The fourth-order valence-corrected chi connectivity index (χ4v) is 3.69. The molecule has 1 aliphatic rings. The summed E-state index contributed by atoms with van der Waals surface area (Å²) in [6.45, 7) is 5.99. The second-order valence-corrected chi connectivity index (χ2v) is 7.39. The molecular weight excluding hydrogens is 422 g/mol. The summed E-state index contributed by atoms with van der Waals surface area (Å²) in [6.07, 6.45) is 2.29. The van der Waals surface area contributed by atoms with Crippen molar-refractivity contribution in [3.8, 4) is 11.5 Å². The molecule has 3 aromatic rings. The summed E-state index contributed by atoms with van der Waals surface area (Å²) in [6, 6.07) is 15.0. The first-order valence-electron chi connectivity index (χ1n) is 10.5. The standard InChI is InChI=1S/C24H25N5O4/c1-4-13-33-23(30)21-16(2)25-24-26-27-28-29(24)22(21)18-10-11-19(20(15-18)31-3)32-14-12-17-8-6-5-7-9-17/h4-11,15,22H,1,12-14H2,2-3H3,(H,25,26,28). The van der Waals surface area contributed by atoms with Crippen LogP contribution in [0.2, 0.25) is 0 Å². The van der Waals surface area contributed by atoms with Crippen LogP contribution in [0, 0.1) is 0 Å². The van der Waals surface area contributed by atoms with E-state index in [1.165, 1.54) is 11.6 Å². The summed E-state index contributed by atoms with van der Waals surface area (Å²) in [5, 5.41) is 14.9. The molecule has 9 heteroatoms. The third-order valence-corrected chi connectivity index (χ3v) is 5.26. The summed E-state index contributed by atoms with van der Waals surface area (Å²) in [5.41, 5.74) is 2.95. The van der Waals surface area contributed by atoms with Crippen LogP contribution in [0.5, 0.6) is 11.5 Å². The number of benzene rings is 2. The highest BCUT2D eigenvalue weighted by molar-refractivity contribution is 5.92. The number of carbonyl (C=O) groups excluding carboxylic acids is 1. The van der Waals surface area contributed by atoms with Crippen molar-refractivity contribution in [3.63, 3.8) is 0 Å². The van der Waals surface area contributed by atoms with Gasteiger partial charge >= 0.3 is 5.97 Å². The van der Waals surface area contributed by atoms with E-state index in [4.69, 9.17) is 14.2 Å². The molecule has 33 heavy (non-hydrogen) atoms. The van der Waals surface area contributed by atoms with Crippen molar-refractivity contribution in [1.29, 1.82) is 0 Å². The Morgan fingerprint density at radius 1 is 1.21 bits per heavy atom. The maximum Gasteiger partial charge on any atom is 0.338 e. The molecule has 1 N–H and O–H groups in total. The van der Waals surface area contributed by atoms with E-state index in [2.05, 4.69) is 39.6 Å². The average Bonchev–Trinajstić information content (AvgIpc) is 3.30. The first-order chi connectivity index (χ1) is 16.1. The van der Waals surface area contributed by atoms with Gasteiger partial charge in [-0.1, -0.05) is 54.2 Å². The highest BCUT2D eigenvalue weighted by Crippen LogP contribution is 2.38. The second kappa shape index (κ2) is 9.99. The molecule has 0 saturated carbocycles. The molecule has 0 spiro atoms. The summed E-state index contributed by atoms with van der Waals surface area (Å²) in [4.78, 5) is 12.9. The Morgan fingerprint density at radius 3 is 2.79 bits per heavy atom. The number of tetrazole rings is 1. The Morgan fingerprint density at radius 2 is 2.03 bits per heavy atom. The molecule has 1 atom stereocenters. The molecule has 0 saturated heterocycles. The number of anilines is 1. The maximum absolute atomic E-state index is 12.9. The Labute approximate surface area is 191 Å². The van der Waals surface area contributed by atoms with Gasteiger partial charge in [-0.25, -0.2) is 4.79 Å². The van der Waals surface area contributed by atoms with E-state index < -0.39 is 12.0 Å². The quantitative estimate of drug-likeness (QED) is 0.394. The van der Waals surface area contributed by atoms with Crippen molar-refractivity contribution < 1.29 is 19.0 Å². The van der Waals surface area contributed by atoms with Gasteiger partial charge < -0.3 is 19.5 Å². The number of ether oxygens (including phenoxy) is 3. The van der Waals surface area contributed by atoms with E-state index in [1.54, 1.807) is 18.7 Å². The lowest BCUT2D eigenvalue weighted by atomic mass is 9.95. The molecule has 2 heterocycles. The first kappa shape index (κ1) is 22.1. The van der Waals surface area contributed by atoms with Crippen molar-refractivity contribution in [1.82, 2.24) is 20.2 Å². The fraction of sp³-hybridized carbons (Fsp3) is 0.250. The lowest BCUT2D eigenvalue weighted by Gasteiger charge is -2.27. The van der Waals surface area contributed by atoms with E-state index in [9.17, 15) is 4.79 Å². The molecule has 1 unspecified atom stereocenters. The lowest BCUT2D eigenvalue weighted by Crippen LogP contribution is -2.29. The molecule has 0 bridgehead atoms. The number of nitrogens with one attached hydrogen (secondary N) is 1. The number of esters is 1. The Bertz CT molecular complexity index is 1170. The van der Waals surface area contributed by atoms with Crippen LogP contribution in [0.1, 0.15) is 24.1 Å². The first-order valence-corrected chi connectivity index (χ1v) is 10.5. The van der Waals surface area contributed by atoms with Crippen molar-refractivity contribution >= 4 is 11.9 Å². The summed E-state index contributed by atoms with van der Waals surface area (Å²) >= 11 is 0. The van der Waals surface area contributed by atoms with Gasteiger partial charge in [-0.15, -0.1) is 0 Å². The fourth-order valence-electron chi connectivity index (χ4n) is 3.69. The highest BCUT2D eigenvalue weighted by Gasteiger charge is 2.35. The van der Waals surface area contributed by atoms with E-state index >= 15 is 0 Å². The highest BCUT2D eigenvalue weighted by atomic mass is 16.5. The number of hydrogen-bond donors (Lipinski definition) is 1. The van der Waals surface area contributed by atoms with Crippen LogP contribution >= 0.6 is 0 Å². The average molecular weight is 447 g/mol. The summed E-state index contributed by atoms with van der Waals surface area (Å²) in [5.74, 6) is 1.11. The Hall–Kier alpha value is -4.14. The van der Waals surface area contributed by atoms with Gasteiger partial charge in [-0.05, 0) is 40.6 Å². The summed E-state index contributed by atoms with van der Waals surface area (Å²) < 4.78 is 18.4. The van der Waals surface area contributed by atoms with Crippen molar-refractivity contribution in [2.24, 2.45) is 0 Å². The van der Waals surface area contributed by atoms with Gasteiger partial charge in [-0.3, -0.25) is 0 Å². The number of rotatable bonds is 9. The monoisotopic (exact) mass is 447 g/mol. The van der Waals surface area contributed by atoms with Gasteiger partial charge in [0, 0.05) is 12.1 Å². The summed E-state index contributed by atoms with van der Waals surface area (Å²) in [7, 11) is 1.58. The van der Waals surface area contributed by atoms with Crippen LogP contribution in [0.15, 0.2) is 72.5 Å². The molecule has 0 aliphatic carbocycles. The number of carbonyl (C=O) groups is 1. The van der Waals surface area contributed by atoms with E-state index in [1.807, 2.05) is 36.4 Å². The predicted octanol–water partition coefficient (Wildman–Crippen LogP) is 3.32. The van der Waals surface area contributed by atoms with Gasteiger partial charge in [0.1, 0.15) is 12.6 Å². The Kier molecular flexibility index (Phi) is 6.68. The van der Waals surface area contributed by atoms with E-state index in [-0.39, 0.29) is 6.61 Å². The lowest BCUT2D eigenvalue weighted by molar-refractivity contribution is -0.138. The second-order valence-electron chi connectivity index (χ2n) is 7.39. The van der Waals surface area contributed by atoms with Crippen molar-refractivity contribution in [2.75, 3.05) is 25.6 Å². The SMILES string of the molecule is C=CCOC(=O)C1=C(C)Nc2nnnn2C1c1ccc(OCCc2ccccc2)c(OC)c1. The smallest absolute Gasteiger partial charge is 0.338 e. The van der Waals surface area contributed by atoms with Gasteiger partial charge in [0.05, 0.1) is 19.3 Å². The van der Waals surface area contributed by atoms with Gasteiger partial charge in [0.2, 0.25) is 5.95 Å². The van der Waals surface area contributed by atoms with Crippen LogP contribution in [0.4, 0.5) is 5.95 Å². The molecule has 0 radical (unpaired) electrons. The van der Waals surface area contributed by atoms with Crippen LogP contribution in [0.25, 0.3) is 0 Å². The minimum absolute atomic E-state index is 0.0995. The number of methoxy groups -OCH3 is 1. The number of nitrogens with zero attached hydrogens (tertiary/aromatic N) is 4. The topological polar surface area (TPSA) is 100 Å². The zero-order chi connectivity index (χ0) is 23.2. The third kappa shape index (κ3) is 4.72. The normalized spacial score (nSPS) is 14.8. The molecule has 0 fully saturated rings. The van der Waals surface area contributed by atoms with Gasteiger partial charge in [0.15, 0.2) is 11.5 Å². The molecule has 2 aromatic carbocycles. The zero-order valence-electron chi connectivity index (χ0n) is 18.5. The molecule has 9 nitrogen and oxygen atoms in total. The predicted molar refractivity (Wildman–Crippen MR) is 122 cm³/mol. The number of aromatic nitrogens is 4. The number of fused-ring (bicyclic) bond motifs is 1.